The molecule has 0 aliphatic carbocycles. The van der Waals surface area contributed by atoms with Crippen molar-refractivity contribution >= 4 is 23.1 Å². The second kappa shape index (κ2) is 6.85. The van der Waals surface area contributed by atoms with Gasteiger partial charge in [-0.2, -0.15) is 15.3 Å². The molecule has 0 unspecified atom stereocenters. The highest BCUT2D eigenvalue weighted by molar-refractivity contribution is 5.91. The average Bonchev–Trinajstić information content (AvgIpc) is 3.36. The van der Waals surface area contributed by atoms with Crippen molar-refractivity contribution in [3.63, 3.8) is 0 Å². The zero-order valence-corrected chi connectivity index (χ0v) is 16.6. The van der Waals surface area contributed by atoms with Crippen molar-refractivity contribution in [3.8, 4) is 17.1 Å². The number of ether oxygens (including phenoxy) is 1. The summed E-state index contributed by atoms with van der Waals surface area (Å²) in [5.41, 5.74) is 6.62. The van der Waals surface area contributed by atoms with Gasteiger partial charge >= 0.3 is 0 Å². The van der Waals surface area contributed by atoms with Gasteiger partial charge in [0.15, 0.2) is 0 Å². The molecule has 0 atom stereocenters. The molecule has 2 N–H and O–H groups in total. The van der Waals surface area contributed by atoms with Gasteiger partial charge in [0.05, 0.1) is 40.6 Å². The smallest absolute Gasteiger partial charge is 0.221 e. The molecule has 2 bridgehead atoms. The summed E-state index contributed by atoms with van der Waals surface area (Å²) in [6.45, 7) is 3.94. The summed E-state index contributed by atoms with van der Waals surface area (Å²) in [6, 6.07) is 2.03. The number of aromatic nitrogens is 7. The van der Waals surface area contributed by atoms with Crippen LogP contribution in [0.25, 0.3) is 34.3 Å². The van der Waals surface area contributed by atoms with E-state index in [0.717, 1.165) is 44.8 Å². The Kier molecular flexibility index (Phi) is 4.17. The van der Waals surface area contributed by atoms with Crippen LogP contribution in [0.3, 0.4) is 0 Å². The normalized spacial score (nSPS) is 15.4. The second-order valence-electron chi connectivity index (χ2n) is 7.14. The van der Waals surface area contributed by atoms with Gasteiger partial charge in [0.25, 0.3) is 0 Å². The van der Waals surface area contributed by atoms with Crippen molar-refractivity contribution in [2.24, 2.45) is 14.1 Å². The van der Waals surface area contributed by atoms with Crippen LogP contribution in [-0.2, 0) is 20.6 Å². The van der Waals surface area contributed by atoms with Crippen molar-refractivity contribution in [1.82, 2.24) is 40.1 Å². The molecule has 1 aliphatic rings. The molecule has 5 heterocycles. The van der Waals surface area contributed by atoms with Crippen LogP contribution in [0.1, 0.15) is 22.6 Å². The van der Waals surface area contributed by atoms with Crippen molar-refractivity contribution in [2.75, 3.05) is 13.2 Å². The molecular formula is C20H22N8O. The quantitative estimate of drug-likeness (QED) is 0.477. The lowest BCUT2D eigenvalue weighted by atomic mass is 10.1. The molecule has 0 saturated carbocycles. The number of rotatable bonds is 0. The van der Waals surface area contributed by atoms with Crippen molar-refractivity contribution < 1.29 is 4.74 Å². The number of pyridine rings is 1. The van der Waals surface area contributed by atoms with E-state index in [-0.39, 0.29) is 0 Å². The first kappa shape index (κ1) is 17.6. The summed E-state index contributed by atoms with van der Waals surface area (Å²) in [6.07, 6.45) is 7.69. The Morgan fingerprint density at radius 2 is 2.03 bits per heavy atom. The third-order valence-corrected chi connectivity index (χ3v) is 5.31. The SMILES string of the molecule is Cc1c2c(nn1C)CNCCOc1c(cnn1C)-c1cc3c(n[nH]c3cn1)/C=C/2. The van der Waals surface area contributed by atoms with E-state index in [2.05, 4.69) is 43.7 Å². The van der Waals surface area contributed by atoms with Gasteiger partial charge < -0.3 is 10.1 Å². The molecule has 9 heteroatoms. The lowest BCUT2D eigenvalue weighted by molar-refractivity contribution is 0.288. The minimum absolute atomic E-state index is 0.517. The van der Waals surface area contributed by atoms with E-state index >= 15 is 0 Å². The van der Waals surface area contributed by atoms with Crippen LogP contribution < -0.4 is 10.1 Å². The highest BCUT2D eigenvalue weighted by atomic mass is 16.5. The summed E-state index contributed by atoms with van der Waals surface area (Å²) in [5, 5.41) is 20.9. The van der Waals surface area contributed by atoms with Crippen LogP contribution in [0.15, 0.2) is 18.5 Å². The van der Waals surface area contributed by atoms with Gasteiger partial charge in [0, 0.05) is 43.8 Å². The number of hydrogen-bond donors (Lipinski definition) is 2. The van der Waals surface area contributed by atoms with E-state index in [4.69, 9.17) is 4.74 Å². The minimum atomic E-state index is 0.517. The molecule has 29 heavy (non-hydrogen) atoms. The van der Waals surface area contributed by atoms with Crippen molar-refractivity contribution in [2.45, 2.75) is 13.5 Å². The third kappa shape index (κ3) is 2.99. The van der Waals surface area contributed by atoms with E-state index in [9.17, 15) is 0 Å². The molecule has 0 spiro atoms. The van der Waals surface area contributed by atoms with Gasteiger partial charge in [-0.15, -0.1) is 0 Å². The van der Waals surface area contributed by atoms with Crippen LogP contribution >= 0.6 is 0 Å². The molecule has 0 fully saturated rings. The van der Waals surface area contributed by atoms with Gasteiger partial charge in [-0.05, 0) is 25.1 Å². The van der Waals surface area contributed by atoms with Gasteiger partial charge in [0.2, 0.25) is 5.88 Å². The molecule has 4 aromatic heterocycles. The van der Waals surface area contributed by atoms with E-state index in [0.29, 0.717) is 25.6 Å². The Morgan fingerprint density at radius 1 is 1.14 bits per heavy atom. The zero-order valence-electron chi connectivity index (χ0n) is 16.6. The van der Waals surface area contributed by atoms with Gasteiger partial charge in [0.1, 0.15) is 6.61 Å². The highest BCUT2D eigenvalue weighted by Gasteiger charge is 2.16. The Balaban J connectivity index is 1.67. The number of fused-ring (bicyclic) bond motifs is 4. The predicted molar refractivity (Wildman–Crippen MR) is 110 cm³/mol. The summed E-state index contributed by atoms with van der Waals surface area (Å²) in [7, 11) is 3.83. The first-order valence-electron chi connectivity index (χ1n) is 9.52. The fourth-order valence-electron chi connectivity index (χ4n) is 3.61. The molecule has 5 rings (SSSR count). The standard InChI is InChI=1S/C20H22N8O/c1-12-13-4-5-16-14-8-17(22-11-18(14)25-24-16)15-9-23-28(3)20(15)29-7-6-21-10-19(13)26-27(12)2/h4-5,8-9,11,21H,6-7,10H2,1-3H3,(H,24,25)/b5-4+. The number of H-pyrrole nitrogens is 1. The summed E-state index contributed by atoms with van der Waals surface area (Å²) in [4.78, 5) is 4.58. The van der Waals surface area contributed by atoms with Crippen LogP contribution in [-0.4, -0.2) is 47.9 Å². The number of aryl methyl sites for hydroxylation is 2. The average molecular weight is 390 g/mol. The third-order valence-electron chi connectivity index (χ3n) is 5.31. The van der Waals surface area contributed by atoms with Crippen molar-refractivity contribution in [3.05, 3.63) is 41.1 Å². The Bertz CT molecular complexity index is 1230. The molecule has 9 nitrogen and oxygen atoms in total. The summed E-state index contributed by atoms with van der Waals surface area (Å²) < 4.78 is 9.67. The van der Waals surface area contributed by atoms with Gasteiger partial charge in [-0.1, -0.05) is 0 Å². The van der Waals surface area contributed by atoms with Crippen LogP contribution in [0.4, 0.5) is 0 Å². The highest BCUT2D eigenvalue weighted by Crippen LogP contribution is 2.31. The topological polar surface area (TPSA) is 98.5 Å². The largest absolute Gasteiger partial charge is 0.476 e. The van der Waals surface area contributed by atoms with Crippen LogP contribution in [0, 0.1) is 6.92 Å². The molecule has 4 aromatic rings. The van der Waals surface area contributed by atoms with Gasteiger partial charge in [-0.3, -0.25) is 14.8 Å². The summed E-state index contributed by atoms with van der Waals surface area (Å²) >= 11 is 0. The number of aromatic amines is 1. The van der Waals surface area contributed by atoms with Crippen LogP contribution in [0.2, 0.25) is 0 Å². The second-order valence-corrected chi connectivity index (χ2v) is 7.14. The lowest BCUT2D eigenvalue weighted by Crippen LogP contribution is -2.22. The Morgan fingerprint density at radius 3 is 2.93 bits per heavy atom. The van der Waals surface area contributed by atoms with E-state index in [1.807, 2.05) is 30.9 Å². The molecule has 0 radical (unpaired) electrons. The fraction of sp³-hybridized carbons (Fsp3) is 0.300. The fourth-order valence-corrected chi connectivity index (χ4v) is 3.61. The molecule has 0 aromatic carbocycles. The van der Waals surface area contributed by atoms with E-state index in [1.54, 1.807) is 17.1 Å². The van der Waals surface area contributed by atoms with E-state index < -0.39 is 0 Å². The maximum absolute atomic E-state index is 6.03. The Hall–Kier alpha value is -3.46. The zero-order chi connectivity index (χ0) is 20.0. The predicted octanol–water partition coefficient (Wildman–Crippen LogP) is 2.05. The van der Waals surface area contributed by atoms with Crippen molar-refractivity contribution in [1.29, 1.82) is 0 Å². The molecule has 0 amide bonds. The molecular weight excluding hydrogens is 368 g/mol. The molecule has 0 saturated heterocycles. The number of hydrogen-bond acceptors (Lipinski definition) is 6. The van der Waals surface area contributed by atoms with Crippen LogP contribution in [0.5, 0.6) is 5.88 Å². The molecule has 148 valence electrons. The van der Waals surface area contributed by atoms with E-state index in [1.165, 1.54) is 0 Å². The lowest BCUT2D eigenvalue weighted by Gasteiger charge is -2.09. The summed E-state index contributed by atoms with van der Waals surface area (Å²) in [5.74, 6) is 0.698. The number of nitrogens with zero attached hydrogens (tertiary/aromatic N) is 6. The monoisotopic (exact) mass is 390 g/mol. The molecule has 1 aliphatic heterocycles. The maximum atomic E-state index is 6.03. The number of nitrogens with one attached hydrogen (secondary N) is 2. The minimum Gasteiger partial charge on any atom is -0.476 e. The van der Waals surface area contributed by atoms with Gasteiger partial charge in [-0.25, -0.2) is 4.68 Å². The first-order valence-corrected chi connectivity index (χ1v) is 9.52. The first-order chi connectivity index (χ1) is 14.1. The Labute approximate surface area is 167 Å². The maximum Gasteiger partial charge on any atom is 0.221 e.